The fourth-order valence-corrected chi connectivity index (χ4v) is 2.32. The first kappa shape index (κ1) is 15.1. The van der Waals surface area contributed by atoms with E-state index in [0.717, 1.165) is 0 Å². The average Bonchev–Trinajstić information content (AvgIpc) is 2.55. The number of amides is 1. The minimum Gasteiger partial charge on any atom is -0.497 e. The lowest BCUT2D eigenvalue weighted by Gasteiger charge is -2.03. The molecule has 3 rings (SSSR count). The molecule has 2 aromatic carbocycles. The number of primary amides is 1. The molecule has 2 N–H and O–H groups in total. The van der Waals surface area contributed by atoms with Gasteiger partial charge in [-0.15, -0.1) is 0 Å². The van der Waals surface area contributed by atoms with Gasteiger partial charge < -0.3 is 14.9 Å². The third-order valence-corrected chi connectivity index (χ3v) is 3.51. The van der Waals surface area contributed by atoms with E-state index in [1.165, 1.54) is 0 Å². The summed E-state index contributed by atoms with van der Waals surface area (Å²) < 4.78 is 10.8. The number of hydrogen-bond acceptors (Lipinski definition) is 4. The van der Waals surface area contributed by atoms with Crippen LogP contribution in [0.3, 0.4) is 0 Å². The Kier molecular flexibility index (Phi) is 4.04. The van der Waals surface area contributed by atoms with Crippen LogP contribution in [0.4, 0.5) is 5.69 Å². The van der Waals surface area contributed by atoms with Gasteiger partial charge in [-0.1, -0.05) is 11.6 Å². The first-order valence-electron chi connectivity index (χ1n) is 6.79. The minimum absolute atomic E-state index is 0.150. The van der Waals surface area contributed by atoms with E-state index in [-0.39, 0.29) is 11.1 Å². The van der Waals surface area contributed by atoms with Gasteiger partial charge in [0.25, 0.3) is 5.91 Å². The molecule has 0 atom stereocenters. The van der Waals surface area contributed by atoms with Crippen molar-refractivity contribution in [2.24, 2.45) is 10.7 Å². The van der Waals surface area contributed by atoms with E-state index in [2.05, 4.69) is 4.99 Å². The zero-order valence-electron chi connectivity index (χ0n) is 12.2. The van der Waals surface area contributed by atoms with Gasteiger partial charge in [0.15, 0.2) is 0 Å². The smallest absolute Gasteiger partial charge is 0.254 e. The molecular formula is C17H13ClN2O3. The molecule has 6 heteroatoms. The Labute approximate surface area is 137 Å². The van der Waals surface area contributed by atoms with Crippen LogP contribution < -0.4 is 16.0 Å². The molecule has 0 unspecified atom stereocenters. The quantitative estimate of drug-likeness (QED) is 0.800. The van der Waals surface area contributed by atoms with Gasteiger partial charge in [0.05, 0.1) is 12.8 Å². The van der Waals surface area contributed by atoms with Crippen molar-refractivity contribution in [3.8, 4) is 5.75 Å². The lowest BCUT2D eigenvalue weighted by Crippen LogP contribution is -2.21. The molecule has 0 aliphatic heterocycles. The molecule has 116 valence electrons. The van der Waals surface area contributed by atoms with E-state index in [0.29, 0.717) is 27.4 Å². The van der Waals surface area contributed by atoms with Crippen molar-refractivity contribution in [2.75, 3.05) is 7.11 Å². The van der Waals surface area contributed by atoms with Crippen LogP contribution in [0.2, 0.25) is 5.02 Å². The summed E-state index contributed by atoms with van der Waals surface area (Å²) in [5, 5.41) is 1.22. The molecule has 1 heterocycles. The van der Waals surface area contributed by atoms with Crippen LogP contribution in [0.25, 0.3) is 11.0 Å². The maximum Gasteiger partial charge on any atom is 0.254 e. The van der Waals surface area contributed by atoms with Crippen molar-refractivity contribution < 1.29 is 13.9 Å². The standard InChI is InChI=1S/C17H13ClN2O3/c1-22-13-5-3-12(4-6-13)20-17-14(16(19)21)9-10-8-11(18)2-7-15(10)23-17/h2-9H,1H3,(H2,19,21). The van der Waals surface area contributed by atoms with Crippen LogP contribution >= 0.6 is 11.6 Å². The van der Waals surface area contributed by atoms with Gasteiger partial charge in [-0.25, -0.2) is 4.99 Å². The largest absolute Gasteiger partial charge is 0.497 e. The number of rotatable bonds is 3. The van der Waals surface area contributed by atoms with E-state index >= 15 is 0 Å². The van der Waals surface area contributed by atoms with Crippen molar-refractivity contribution in [2.45, 2.75) is 0 Å². The molecule has 5 nitrogen and oxygen atoms in total. The van der Waals surface area contributed by atoms with Crippen LogP contribution in [0.5, 0.6) is 5.75 Å². The molecule has 0 aliphatic carbocycles. The highest BCUT2D eigenvalue weighted by Crippen LogP contribution is 2.20. The molecule has 0 aliphatic rings. The molecule has 1 aromatic heterocycles. The number of methoxy groups -OCH3 is 1. The van der Waals surface area contributed by atoms with Crippen molar-refractivity contribution in [3.05, 3.63) is 64.7 Å². The van der Waals surface area contributed by atoms with E-state index in [9.17, 15) is 4.79 Å². The number of hydrogen-bond donors (Lipinski definition) is 1. The molecule has 1 amide bonds. The first-order chi connectivity index (χ1) is 11.1. The van der Waals surface area contributed by atoms with E-state index in [4.69, 9.17) is 26.5 Å². The number of benzene rings is 2. The van der Waals surface area contributed by atoms with Crippen LogP contribution in [0.15, 0.2) is 57.9 Å². The van der Waals surface area contributed by atoms with Crippen LogP contribution in [0, 0.1) is 0 Å². The Morgan fingerprint density at radius 3 is 2.57 bits per heavy atom. The highest BCUT2D eigenvalue weighted by atomic mass is 35.5. The predicted molar refractivity (Wildman–Crippen MR) is 88.0 cm³/mol. The first-order valence-corrected chi connectivity index (χ1v) is 7.16. The highest BCUT2D eigenvalue weighted by Gasteiger charge is 2.09. The molecule has 0 bridgehead atoms. The van der Waals surface area contributed by atoms with Crippen molar-refractivity contribution >= 4 is 34.2 Å². The van der Waals surface area contributed by atoms with Crippen molar-refractivity contribution in [1.29, 1.82) is 0 Å². The predicted octanol–water partition coefficient (Wildman–Crippen LogP) is 3.43. The van der Waals surface area contributed by atoms with Gasteiger partial charge in [-0.3, -0.25) is 4.79 Å². The molecular weight excluding hydrogens is 316 g/mol. The van der Waals surface area contributed by atoms with Gasteiger partial charge in [-0.05, 0) is 48.5 Å². The second-order valence-corrected chi connectivity index (χ2v) is 5.26. The maximum absolute atomic E-state index is 11.7. The SMILES string of the molecule is COc1ccc(N=c2oc3ccc(Cl)cc3cc2C(N)=O)cc1. The van der Waals surface area contributed by atoms with Gasteiger partial charge in [0, 0.05) is 10.4 Å². The molecule has 0 radical (unpaired) electrons. The monoisotopic (exact) mass is 328 g/mol. The zero-order chi connectivity index (χ0) is 16.4. The molecule has 23 heavy (non-hydrogen) atoms. The summed E-state index contributed by atoms with van der Waals surface area (Å²) in [6.45, 7) is 0. The second-order valence-electron chi connectivity index (χ2n) is 4.82. The minimum atomic E-state index is -0.622. The number of ether oxygens (including phenoxy) is 1. The Bertz CT molecular complexity index is 946. The summed E-state index contributed by atoms with van der Waals surface area (Å²) >= 11 is 5.96. The topological polar surface area (TPSA) is 77.8 Å². The normalized spacial score (nSPS) is 11.7. The third kappa shape index (κ3) is 3.19. The number of nitrogens with zero attached hydrogens (tertiary/aromatic N) is 1. The lowest BCUT2D eigenvalue weighted by molar-refractivity contribution is 0.0996. The Morgan fingerprint density at radius 1 is 1.17 bits per heavy atom. The zero-order valence-corrected chi connectivity index (χ0v) is 13.0. The van der Waals surface area contributed by atoms with Crippen molar-refractivity contribution in [1.82, 2.24) is 0 Å². The van der Waals surface area contributed by atoms with Crippen LogP contribution in [-0.4, -0.2) is 13.0 Å². The van der Waals surface area contributed by atoms with Gasteiger partial charge in [-0.2, -0.15) is 0 Å². The molecule has 3 aromatic rings. The average molecular weight is 329 g/mol. The summed E-state index contributed by atoms with van der Waals surface area (Å²) in [6, 6.07) is 13.8. The van der Waals surface area contributed by atoms with Gasteiger partial charge in [0.2, 0.25) is 5.55 Å². The molecule has 0 saturated heterocycles. The highest BCUT2D eigenvalue weighted by molar-refractivity contribution is 6.31. The summed E-state index contributed by atoms with van der Waals surface area (Å²) in [5.74, 6) is 0.0899. The Hall–Kier alpha value is -2.79. The van der Waals surface area contributed by atoms with Gasteiger partial charge in [0.1, 0.15) is 16.9 Å². The van der Waals surface area contributed by atoms with E-state index in [1.54, 1.807) is 55.6 Å². The van der Waals surface area contributed by atoms with E-state index in [1.807, 2.05) is 0 Å². The molecule has 0 saturated carbocycles. The lowest BCUT2D eigenvalue weighted by atomic mass is 10.2. The summed E-state index contributed by atoms with van der Waals surface area (Å²) in [6.07, 6.45) is 0. The van der Waals surface area contributed by atoms with E-state index < -0.39 is 5.91 Å². The number of fused-ring (bicyclic) bond motifs is 1. The summed E-state index contributed by atoms with van der Waals surface area (Å²) in [5.41, 5.74) is 6.95. The summed E-state index contributed by atoms with van der Waals surface area (Å²) in [4.78, 5) is 16.0. The third-order valence-electron chi connectivity index (χ3n) is 3.28. The second kappa shape index (κ2) is 6.14. The fraction of sp³-hybridized carbons (Fsp3) is 0.0588. The number of carbonyl (C=O) groups excluding carboxylic acids is 1. The van der Waals surface area contributed by atoms with Gasteiger partial charge >= 0.3 is 0 Å². The summed E-state index contributed by atoms with van der Waals surface area (Å²) in [7, 11) is 1.58. The van der Waals surface area contributed by atoms with Crippen LogP contribution in [-0.2, 0) is 0 Å². The number of carbonyl (C=O) groups is 1. The Balaban J connectivity index is 2.21. The molecule has 0 spiro atoms. The maximum atomic E-state index is 11.7. The molecule has 0 fully saturated rings. The van der Waals surface area contributed by atoms with Crippen molar-refractivity contribution in [3.63, 3.8) is 0 Å². The Morgan fingerprint density at radius 2 is 1.91 bits per heavy atom. The fourth-order valence-electron chi connectivity index (χ4n) is 2.14. The number of nitrogens with two attached hydrogens (primary N) is 1. The van der Waals surface area contributed by atoms with Crippen LogP contribution in [0.1, 0.15) is 10.4 Å². The number of halogens is 1.